The number of halogens is 2. The van der Waals surface area contributed by atoms with Gasteiger partial charge in [-0.15, -0.1) is 0 Å². The summed E-state index contributed by atoms with van der Waals surface area (Å²) >= 11 is 0. The monoisotopic (exact) mass is 199 g/mol. The number of hydrogen-bond acceptors (Lipinski definition) is 2. The average molecular weight is 199 g/mol. The maximum absolute atomic E-state index is 13.2. The normalized spacial score (nSPS) is 18.2. The quantitative estimate of drug-likeness (QED) is 0.761. The Morgan fingerprint density at radius 2 is 1.86 bits per heavy atom. The Balaban J connectivity index is 2.35. The maximum Gasteiger partial charge on any atom is 0.165 e. The minimum absolute atomic E-state index is 0.00926. The van der Waals surface area contributed by atoms with Crippen molar-refractivity contribution in [3.8, 4) is 5.75 Å². The molecule has 1 aromatic carbocycles. The molecule has 76 valence electrons. The zero-order valence-corrected chi connectivity index (χ0v) is 7.56. The zero-order valence-electron chi connectivity index (χ0n) is 7.56. The largest absolute Gasteiger partial charge is 0.505 e. The number of hydrogen-bond donors (Lipinski definition) is 2. The van der Waals surface area contributed by atoms with Crippen molar-refractivity contribution in [1.29, 1.82) is 0 Å². The molecular weight excluding hydrogens is 188 g/mol. The molecule has 0 heterocycles. The highest BCUT2D eigenvalue weighted by molar-refractivity contribution is 5.37. The number of nitrogens with two attached hydrogens (primary N) is 1. The Morgan fingerprint density at radius 3 is 2.43 bits per heavy atom. The smallest absolute Gasteiger partial charge is 0.165 e. The molecule has 2 rings (SSSR count). The molecule has 1 aliphatic carbocycles. The molecule has 0 amide bonds. The van der Waals surface area contributed by atoms with E-state index in [2.05, 4.69) is 0 Å². The van der Waals surface area contributed by atoms with Crippen LogP contribution in [0.2, 0.25) is 0 Å². The average Bonchev–Trinajstić information content (AvgIpc) is 2.86. The van der Waals surface area contributed by atoms with Crippen molar-refractivity contribution in [2.24, 2.45) is 5.73 Å². The lowest BCUT2D eigenvalue weighted by molar-refractivity contribution is 0.413. The fourth-order valence-corrected chi connectivity index (χ4v) is 1.44. The zero-order chi connectivity index (χ0) is 10.3. The van der Waals surface area contributed by atoms with E-state index in [9.17, 15) is 13.9 Å². The molecule has 3 N–H and O–H groups in total. The minimum Gasteiger partial charge on any atom is -0.505 e. The summed E-state index contributed by atoms with van der Waals surface area (Å²) in [4.78, 5) is 0. The van der Waals surface area contributed by atoms with Gasteiger partial charge in [0, 0.05) is 11.1 Å². The van der Waals surface area contributed by atoms with Crippen molar-refractivity contribution >= 4 is 0 Å². The standard InChI is InChI=1S/C10H11F2NO/c11-7-1-2-8(12)9(14)6(7)5-10(13)3-4-10/h1-2,14H,3-5,13H2. The van der Waals surface area contributed by atoms with Crippen LogP contribution in [-0.2, 0) is 6.42 Å². The van der Waals surface area contributed by atoms with Crippen LogP contribution in [0.3, 0.4) is 0 Å². The second kappa shape index (κ2) is 2.92. The van der Waals surface area contributed by atoms with Crippen LogP contribution in [-0.4, -0.2) is 10.6 Å². The van der Waals surface area contributed by atoms with E-state index >= 15 is 0 Å². The van der Waals surface area contributed by atoms with E-state index in [1.807, 2.05) is 0 Å². The van der Waals surface area contributed by atoms with Crippen LogP contribution >= 0.6 is 0 Å². The molecule has 1 fully saturated rings. The van der Waals surface area contributed by atoms with Crippen LogP contribution in [0.15, 0.2) is 12.1 Å². The minimum atomic E-state index is -0.800. The van der Waals surface area contributed by atoms with Gasteiger partial charge in [0.05, 0.1) is 0 Å². The van der Waals surface area contributed by atoms with Crippen LogP contribution in [0, 0.1) is 11.6 Å². The summed E-state index contributed by atoms with van der Waals surface area (Å²) in [7, 11) is 0. The van der Waals surface area contributed by atoms with E-state index in [1.165, 1.54) is 0 Å². The van der Waals surface area contributed by atoms with Crippen LogP contribution in [0.4, 0.5) is 8.78 Å². The number of benzene rings is 1. The SMILES string of the molecule is NC1(Cc2c(F)ccc(F)c2O)CC1. The molecule has 0 spiro atoms. The van der Waals surface area contributed by atoms with Gasteiger partial charge in [-0.3, -0.25) is 0 Å². The topological polar surface area (TPSA) is 46.2 Å². The summed E-state index contributed by atoms with van der Waals surface area (Å²) in [5.41, 5.74) is 5.32. The first-order valence-electron chi connectivity index (χ1n) is 4.47. The maximum atomic E-state index is 13.2. The molecule has 0 aromatic heterocycles. The summed E-state index contributed by atoms with van der Waals surface area (Å²) in [6.07, 6.45) is 1.78. The fourth-order valence-electron chi connectivity index (χ4n) is 1.44. The number of phenolic OH excluding ortho intramolecular Hbond substituents is 1. The summed E-state index contributed by atoms with van der Waals surface area (Å²) in [6.45, 7) is 0. The molecule has 1 saturated carbocycles. The second-order valence-corrected chi connectivity index (χ2v) is 3.90. The fraction of sp³-hybridized carbons (Fsp3) is 0.400. The Labute approximate surface area is 80.4 Å². The van der Waals surface area contributed by atoms with Gasteiger partial charge in [0.15, 0.2) is 11.6 Å². The molecule has 4 heteroatoms. The lowest BCUT2D eigenvalue weighted by Crippen LogP contribution is -2.25. The molecule has 2 nitrogen and oxygen atoms in total. The van der Waals surface area contributed by atoms with Gasteiger partial charge < -0.3 is 10.8 Å². The van der Waals surface area contributed by atoms with E-state index in [0.717, 1.165) is 25.0 Å². The van der Waals surface area contributed by atoms with Gasteiger partial charge in [0.2, 0.25) is 0 Å². The van der Waals surface area contributed by atoms with Crippen LogP contribution in [0.5, 0.6) is 5.75 Å². The summed E-state index contributed by atoms with van der Waals surface area (Å²) < 4.78 is 26.1. The van der Waals surface area contributed by atoms with E-state index in [0.29, 0.717) is 0 Å². The Morgan fingerprint density at radius 1 is 1.29 bits per heavy atom. The number of rotatable bonds is 2. The third kappa shape index (κ3) is 1.57. The van der Waals surface area contributed by atoms with E-state index in [4.69, 9.17) is 5.73 Å². The van der Waals surface area contributed by atoms with Gasteiger partial charge in [-0.25, -0.2) is 8.78 Å². The van der Waals surface area contributed by atoms with Crippen LogP contribution in [0.25, 0.3) is 0 Å². The van der Waals surface area contributed by atoms with Crippen molar-refractivity contribution < 1.29 is 13.9 Å². The Bertz CT molecular complexity index is 375. The Hall–Kier alpha value is -1.16. The molecule has 1 aliphatic rings. The molecule has 0 aliphatic heterocycles. The molecule has 0 radical (unpaired) electrons. The molecule has 0 saturated heterocycles. The third-order valence-corrected chi connectivity index (χ3v) is 2.60. The summed E-state index contributed by atoms with van der Waals surface area (Å²) in [5.74, 6) is -2.01. The highest BCUT2D eigenvalue weighted by atomic mass is 19.1. The van der Waals surface area contributed by atoms with Gasteiger partial charge in [-0.2, -0.15) is 0 Å². The lowest BCUT2D eigenvalue weighted by Gasteiger charge is -2.11. The predicted molar refractivity (Wildman–Crippen MR) is 47.9 cm³/mol. The van der Waals surface area contributed by atoms with Crippen molar-refractivity contribution in [2.45, 2.75) is 24.8 Å². The van der Waals surface area contributed by atoms with Crippen molar-refractivity contribution in [3.63, 3.8) is 0 Å². The summed E-state index contributed by atoms with van der Waals surface area (Å²) in [5, 5.41) is 9.30. The Kier molecular flexibility index (Phi) is 1.96. The first-order chi connectivity index (χ1) is 6.52. The van der Waals surface area contributed by atoms with E-state index in [1.54, 1.807) is 0 Å². The van der Waals surface area contributed by atoms with Crippen molar-refractivity contribution in [2.75, 3.05) is 0 Å². The molecule has 14 heavy (non-hydrogen) atoms. The first kappa shape index (κ1) is 9.40. The van der Waals surface area contributed by atoms with Crippen molar-refractivity contribution in [1.82, 2.24) is 0 Å². The molecule has 1 aromatic rings. The molecule has 0 bridgehead atoms. The highest BCUT2D eigenvalue weighted by Crippen LogP contribution is 2.38. The lowest BCUT2D eigenvalue weighted by atomic mass is 10.0. The number of aromatic hydroxyl groups is 1. The predicted octanol–water partition coefficient (Wildman–Crippen LogP) is 1.70. The van der Waals surface area contributed by atoms with Gasteiger partial charge in [-0.1, -0.05) is 0 Å². The van der Waals surface area contributed by atoms with E-state index < -0.39 is 22.9 Å². The van der Waals surface area contributed by atoms with Crippen LogP contribution < -0.4 is 5.73 Å². The van der Waals surface area contributed by atoms with E-state index in [-0.39, 0.29) is 12.0 Å². The van der Waals surface area contributed by atoms with Gasteiger partial charge >= 0.3 is 0 Å². The van der Waals surface area contributed by atoms with Crippen LogP contribution in [0.1, 0.15) is 18.4 Å². The molecule has 0 unspecified atom stereocenters. The van der Waals surface area contributed by atoms with Gasteiger partial charge in [0.1, 0.15) is 5.82 Å². The summed E-state index contributed by atoms with van der Waals surface area (Å²) in [6, 6.07) is 1.92. The third-order valence-electron chi connectivity index (χ3n) is 2.60. The van der Waals surface area contributed by atoms with Gasteiger partial charge in [-0.05, 0) is 31.4 Å². The second-order valence-electron chi connectivity index (χ2n) is 3.90. The number of phenols is 1. The van der Waals surface area contributed by atoms with Crippen molar-refractivity contribution in [3.05, 3.63) is 29.3 Å². The highest BCUT2D eigenvalue weighted by Gasteiger charge is 2.39. The first-order valence-corrected chi connectivity index (χ1v) is 4.47. The van der Waals surface area contributed by atoms with Gasteiger partial charge in [0.25, 0.3) is 0 Å². The molecule has 0 atom stereocenters. The molecular formula is C10H11F2NO.